The molecule has 3 rings (SSSR count). The van der Waals surface area contributed by atoms with E-state index in [1.807, 2.05) is 0 Å². The molecule has 3 fully saturated rings. The number of fused-ring (bicyclic) bond motifs is 1. The van der Waals surface area contributed by atoms with Crippen LogP contribution >= 0.6 is 0 Å². The van der Waals surface area contributed by atoms with Gasteiger partial charge in [0.1, 0.15) is 0 Å². The van der Waals surface area contributed by atoms with Crippen LogP contribution in [0.15, 0.2) is 35.5 Å². The Morgan fingerprint density at radius 1 is 1.17 bits per heavy atom. The van der Waals surface area contributed by atoms with Crippen LogP contribution in [-0.4, -0.2) is 33.1 Å². The molecule has 0 aromatic carbocycles. The highest BCUT2D eigenvalue weighted by molar-refractivity contribution is 5.36. The molecular formula is C27H44O3. The molecular weight excluding hydrogens is 372 g/mol. The monoisotopic (exact) mass is 416 g/mol. The summed E-state index contributed by atoms with van der Waals surface area (Å²) in [5.41, 5.74) is 3.34. The molecule has 3 heteroatoms. The Morgan fingerprint density at radius 2 is 1.90 bits per heavy atom. The van der Waals surface area contributed by atoms with E-state index in [9.17, 15) is 15.3 Å². The van der Waals surface area contributed by atoms with Gasteiger partial charge in [-0.25, -0.2) is 0 Å². The molecule has 0 aromatic heterocycles. The molecule has 3 N–H and O–H groups in total. The van der Waals surface area contributed by atoms with Gasteiger partial charge < -0.3 is 15.3 Å². The van der Waals surface area contributed by atoms with Crippen molar-refractivity contribution in [3.63, 3.8) is 0 Å². The Hall–Kier alpha value is -0.900. The molecule has 0 unspecified atom stereocenters. The van der Waals surface area contributed by atoms with Crippen LogP contribution in [0.4, 0.5) is 0 Å². The molecule has 0 heterocycles. The van der Waals surface area contributed by atoms with E-state index in [0.29, 0.717) is 29.6 Å². The first-order valence-electron chi connectivity index (χ1n) is 12.2. The lowest BCUT2D eigenvalue weighted by atomic mass is 9.60. The maximum absolute atomic E-state index is 10.3. The van der Waals surface area contributed by atoms with Gasteiger partial charge in [0, 0.05) is 0 Å². The number of aliphatic hydroxyl groups is 3. The number of aliphatic hydroxyl groups excluding tert-OH is 2. The van der Waals surface area contributed by atoms with Gasteiger partial charge in [-0.3, -0.25) is 0 Å². The fourth-order valence-electron chi connectivity index (χ4n) is 6.58. The summed E-state index contributed by atoms with van der Waals surface area (Å²) in [4.78, 5) is 0. The van der Waals surface area contributed by atoms with Crippen LogP contribution in [0, 0.1) is 23.2 Å². The van der Waals surface area contributed by atoms with Crippen molar-refractivity contribution in [2.45, 2.75) is 110 Å². The lowest BCUT2D eigenvalue weighted by Gasteiger charge is -2.44. The van der Waals surface area contributed by atoms with E-state index in [2.05, 4.69) is 32.6 Å². The molecule has 3 saturated carbocycles. The van der Waals surface area contributed by atoms with Crippen LogP contribution in [0.3, 0.4) is 0 Å². The second-order valence-corrected chi connectivity index (χ2v) is 11.3. The molecule has 170 valence electrons. The highest BCUT2D eigenvalue weighted by atomic mass is 16.3. The van der Waals surface area contributed by atoms with Crippen molar-refractivity contribution in [3.05, 3.63) is 35.5 Å². The van der Waals surface area contributed by atoms with E-state index in [1.165, 1.54) is 43.3 Å². The zero-order valence-electron chi connectivity index (χ0n) is 19.7. The van der Waals surface area contributed by atoms with Crippen LogP contribution in [0.5, 0.6) is 0 Å². The van der Waals surface area contributed by atoms with Gasteiger partial charge in [0.15, 0.2) is 0 Å². The van der Waals surface area contributed by atoms with Gasteiger partial charge in [0.2, 0.25) is 0 Å². The van der Waals surface area contributed by atoms with Crippen LogP contribution in [0.25, 0.3) is 0 Å². The molecule has 0 amide bonds. The lowest BCUT2D eigenvalue weighted by molar-refractivity contribution is -0.0554. The zero-order chi connectivity index (χ0) is 22.1. The molecule has 0 aromatic rings. The minimum Gasteiger partial charge on any atom is -0.393 e. The van der Waals surface area contributed by atoms with Crippen molar-refractivity contribution in [1.82, 2.24) is 0 Å². The summed E-state index contributed by atoms with van der Waals surface area (Å²) in [6, 6.07) is 0. The minimum atomic E-state index is -1.02. The van der Waals surface area contributed by atoms with E-state index in [0.717, 1.165) is 25.7 Å². The maximum atomic E-state index is 10.3. The topological polar surface area (TPSA) is 60.7 Å². The highest BCUT2D eigenvalue weighted by Crippen LogP contribution is 2.60. The van der Waals surface area contributed by atoms with E-state index in [1.54, 1.807) is 19.4 Å². The minimum absolute atomic E-state index is 0.215. The third-order valence-corrected chi connectivity index (χ3v) is 8.62. The molecule has 30 heavy (non-hydrogen) atoms. The summed E-state index contributed by atoms with van der Waals surface area (Å²) in [5.74, 6) is 1.89. The van der Waals surface area contributed by atoms with Crippen molar-refractivity contribution in [2.75, 3.05) is 0 Å². The SMILES string of the molecule is C=C1CC[C@H](O)C/C1=C/C=C1\CCC[C@@]2(C)[C@@H]1CC[C@@H]2[C@H](C)CC[C@H](O)C(C)(C)O. The van der Waals surface area contributed by atoms with Crippen LogP contribution in [0.2, 0.25) is 0 Å². The molecule has 0 bridgehead atoms. The van der Waals surface area contributed by atoms with Crippen LogP contribution < -0.4 is 0 Å². The van der Waals surface area contributed by atoms with Gasteiger partial charge in [0.25, 0.3) is 0 Å². The van der Waals surface area contributed by atoms with Crippen LogP contribution in [0.1, 0.15) is 91.9 Å². The second kappa shape index (κ2) is 9.30. The molecule has 3 aliphatic carbocycles. The van der Waals surface area contributed by atoms with Gasteiger partial charge >= 0.3 is 0 Å². The Kier molecular flexibility index (Phi) is 7.37. The van der Waals surface area contributed by atoms with Crippen LogP contribution in [-0.2, 0) is 0 Å². The summed E-state index contributed by atoms with van der Waals surface area (Å²) in [5, 5.41) is 30.3. The fourth-order valence-corrected chi connectivity index (χ4v) is 6.58. The summed E-state index contributed by atoms with van der Waals surface area (Å²) < 4.78 is 0. The first kappa shape index (κ1) is 23.8. The third kappa shape index (κ3) is 5.11. The van der Waals surface area contributed by atoms with Crippen molar-refractivity contribution in [3.8, 4) is 0 Å². The van der Waals surface area contributed by atoms with Crippen molar-refractivity contribution in [2.24, 2.45) is 23.2 Å². The maximum Gasteiger partial charge on any atom is 0.0849 e. The number of hydrogen-bond acceptors (Lipinski definition) is 3. The van der Waals surface area contributed by atoms with E-state index < -0.39 is 11.7 Å². The first-order valence-corrected chi connectivity index (χ1v) is 12.2. The Labute approximate surface area is 184 Å². The fraction of sp³-hybridized carbons (Fsp3) is 0.778. The molecule has 3 nitrogen and oxygen atoms in total. The quantitative estimate of drug-likeness (QED) is 0.520. The van der Waals surface area contributed by atoms with Gasteiger partial charge in [-0.1, -0.05) is 43.7 Å². The normalized spacial score (nSPS) is 37.4. The lowest BCUT2D eigenvalue weighted by Crippen LogP contribution is -2.38. The molecule has 0 saturated heterocycles. The third-order valence-electron chi connectivity index (χ3n) is 8.62. The number of allylic oxidation sites excluding steroid dienone is 4. The molecule has 6 atom stereocenters. The Balaban J connectivity index is 1.69. The van der Waals surface area contributed by atoms with E-state index >= 15 is 0 Å². The second-order valence-electron chi connectivity index (χ2n) is 11.3. The van der Waals surface area contributed by atoms with Crippen molar-refractivity contribution >= 4 is 0 Å². The zero-order valence-corrected chi connectivity index (χ0v) is 19.7. The van der Waals surface area contributed by atoms with Gasteiger partial charge in [-0.05, 0) is 107 Å². The molecule has 3 aliphatic rings. The average Bonchev–Trinajstić information content (AvgIpc) is 3.03. The summed E-state index contributed by atoms with van der Waals surface area (Å²) in [6.07, 6.45) is 14.1. The number of rotatable bonds is 6. The predicted molar refractivity (Wildman–Crippen MR) is 124 cm³/mol. The van der Waals surface area contributed by atoms with Gasteiger partial charge in [0.05, 0.1) is 17.8 Å². The van der Waals surface area contributed by atoms with Crippen molar-refractivity contribution < 1.29 is 15.3 Å². The highest BCUT2D eigenvalue weighted by Gasteiger charge is 2.50. The summed E-state index contributed by atoms with van der Waals surface area (Å²) in [7, 11) is 0. The largest absolute Gasteiger partial charge is 0.393 e. The summed E-state index contributed by atoms with van der Waals surface area (Å²) in [6.45, 7) is 12.5. The van der Waals surface area contributed by atoms with Gasteiger partial charge in [-0.2, -0.15) is 0 Å². The summed E-state index contributed by atoms with van der Waals surface area (Å²) >= 11 is 0. The van der Waals surface area contributed by atoms with E-state index in [4.69, 9.17) is 0 Å². The van der Waals surface area contributed by atoms with Crippen molar-refractivity contribution in [1.29, 1.82) is 0 Å². The molecule has 0 aliphatic heterocycles. The predicted octanol–water partition coefficient (Wildman–Crippen LogP) is 5.70. The van der Waals surface area contributed by atoms with E-state index in [-0.39, 0.29) is 6.10 Å². The standard InChI is InChI=1S/C27H44O3/c1-18-8-12-22(28)17-21(18)11-10-20-7-6-16-27(5)23(13-14-24(20)27)19(2)9-15-25(29)26(3,4)30/h10-11,19,22-25,28-30H,1,6-9,12-17H2,2-5H3/b20-10+,21-11-/t19-,22+,23-,24-,25+,27-/m1/s1. The number of hydrogen-bond donors (Lipinski definition) is 3. The molecule has 0 radical (unpaired) electrons. The Bertz CT molecular complexity index is 683. The van der Waals surface area contributed by atoms with Gasteiger partial charge in [-0.15, -0.1) is 0 Å². The average molecular weight is 417 g/mol. The first-order chi connectivity index (χ1) is 14.0. The molecule has 0 spiro atoms. The smallest absolute Gasteiger partial charge is 0.0849 e. The Morgan fingerprint density at radius 3 is 2.60 bits per heavy atom.